The van der Waals surface area contributed by atoms with Gasteiger partial charge in [-0.15, -0.1) is 0 Å². The van der Waals surface area contributed by atoms with Crippen LogP contribution in [0.2, 0.25) is 0 Å². The van der Waals surface area contributed by atoms with E-state index in [4.69, 9.17) is 0 Å². The number of rotatable bonds is 4. The largest absolute Gasteiger partial charge is 0.369 e. The van der Waals surface area contributed by atoms with Crippen molar-refractivity contribution in [3.63, 3.8) is 0 Å². The van der Waals surface area contributed by atoms with E-state index in [1.165, 1.54) is 31.6 Å². The van der Waals surface area contributed by atoms with Gasteiger partial charge in [-0.05, 0) is 7.05 Å². The molecule has 1 fully saturated rings. The van der Waals surface area contributed by atoms with E-state index in [0.717, 1.165) is 19.6 Å². The monoisotopic (exact) mass is 234 g/mol. The molecule has 1 aliphatic heterocycles. The van der Waals surface area contributed by atoms with E-state index in [1.54, 1.807) is 0 Å². The number of likely N-dealkylation sites (N-methyl/N-ethyl adjacent to an activating group) is 1. The Hall–Kier alpha value is -1.09. The van der Waals surface area contributed by atoms with Gasteiger partial charge in [0.2, 0.25) is 0 Å². The van der Waals surface area contributed by atoms with Gasteiger partial charge in [0.15, 0.2) is 12.4 Å². The number of anilines is 1. The van der Waals surface area contributed by atoms with Gasteiger partial charge in [-0.3, -0.25) is 0 Å². The van der Waals surface area contributed by atoms with E-state index in [0.29, 0.717) is 0 Å². The molecule has 2 heterocycles. The molecular weight excluding hydrogens is 210 g/mol. The van der Waals surface area contributed by atoms with E-state index in [9.17, 15) is 0 Å². The number of nitrogens with zero attached hydrogens (tertiary/aromatic N) is 3. The first kappa shape index (κ1) is 12.4. The maximum Gasteiger partial charge on any atom is 0.170 e. The van der Waals surface area contributed by atoms with E-state index in [2.05, 4.69) is 52.9 Å². The van der Waals surface area contributed by atoms with E-state index >= 15 is 0 Å². The fraction of sp³-hybridized carbons (Fsp3) is 0.643. The number of hydrogen-bond donors (Lipinski definition) is 0. The molecule has 17 heavy (non-hydrogen) atoms. The second-order valence-corrected chi connectivity index (χ2v) is 4.94. The lowest BCUT2D eigenvalue weighted by Crippen LogP contribution is -2.44. The third-order valence-corrected chi connectivity index (χ3v) is 3.51. The first-order chi connectivity index (χ1) is 8.29. The number of pyridine rings is 1. The van der Waals surface area contributed by atoms with Gasteiger partial charge < -0.3 is 9.80 Å². The third kappa shape index (κ3) is 3.43. The van der Waals surface area contributed by atoms with Crippen LogP contribution in [0.4, 0.5) is 5.69 Å². The number of unbranched alkanes of at least 4 members (excludes halogenated alkanes) is 1. The Morgan fingerprint density at radius 2 is 1.76 bits per heavy atom. The molecule has 3 heteroatoms. The smallest absolute Gasteiger partial charge is 0.170 e. The standard InChI is InChI=1S/C14H24N3/c1-3-4-7-16-8-5-14(6-9-16)17-12-10-15(2)11-13-17/h5-6,8-9H,3-4,7,10-13H2,1-2H3/q+1. The summed E-state index contributed by atoms with van der Waals surface area (Å²) in [5.74, 6) is 0. The molecule has 2 rings (SSSR count). The fourth-order valence-corrected chi connectivity index (χ4v) is 2.21. The Kier molecular flexibility index (Phi) is 4.37. The number of piperazine rings is 1. The van der Waals surface area contributed by atoms with E-state index < -0.39 is 0 Å². The van der Waals surface area contributed by atoms with Crippen molar-refractivity contribution in [2.24, 2.45) is 0 Å². The van der Waals surface area contributed by atoms with Crippen LogP contribution >= 0.6 is 0 Å². The van der Waals surface area contributed by atoms with Crippen LogP contribution in [0.25, 0.3) is 0 Å². The van der Waals surface area contributed by atoms with Gasteiger partial charge in [-0.2, -0.15) is 0 Å². The summed E-state index contributed by atoms with van der Waals surface area (Å²) in [5.41, 5.74) is 1.37. The number of aromatic nitrogens is 1. The van der Waals surface area contributed by atoms with Gasteiger partial charge in [-0.25, -0.2) is 4.57 Å². The summed E-state index contributed by atoms with van der Waals surface area (Å²) in [6.45, 7) is 8.01. The first-order valence-electron chi connectivity index (χ1n) is 6.72. The summed E-state index contributed by atoms with van der Waals surface area (Å²) in [4.78, 5) is 4.87. The minimum atomic E-state index is 1.14. The maximum absolute atomic E-state index is 2.48. The first-order valence-corrected chi connectivity index (χ1v) is 6.72. The predicted octanol–water partition coefficient (Wildman–Crippen LogP) is 1.53. The summed E-state index contributed by atoms with van der Waals surface area (Å²) in [6.07, 6.45) is 6.94. The molecule has 0 saturated carbocycles. The molecule has 0 bridgehead atoms. The maximum atomic E-state index is 2.48. The second-order valence-electron chi connectivity index (χ2n) is 4.94. The highest BCUT2D eigenvalue weighted by molar-refractivity contribution is 5.44. The summed E-state index contributed by atoms with van der Waals surface area (Å²) < 4.78 is 2.28. The number of aryl methyl sites for hydroxylation is 1. The molecular formula is C14H24N3+. The van der Waals surface area contributed by atoms with Crippen LogP contribution in [0.15, 0.2) is 24.5 Å². The van der Waals surface area contributed by atoms with Gasteiger partial charge >= 0.3 is 0 Å². The lowest BCUT2D eigenvalue weighted by Gasteiger charge is -2.33. The van der Waals surface area contributed by atoms with Crippen molar-refractivity contribution in [2.75, 3.05) is 38.1 Å². The summed E-state index contributed by atoms with van der Waals surface area (Å²) in [5, 5.41) is 0. The van der Waals surface area contributed by atoms with Gasteiger partial charge in [0, 0.05) is 50.4 Å². The second kappa shape index (κ2) is 6.01. The molecule has 0 aliphatic carbocycles. The fourth-order valence-electron chi connectivity index (χ4n) is 2.21. The van der Waals surface area contributed by atoms with Crippen LogP contribution in [-0.2, 0) is 6.54 Å². The molecule has 0 aromatic carbocycles. The topological polar surface area (TPSA) is 10.4 Å². The number of hydrogen-bond acceptors (Lipinski definition) is 2. The molecule has 0 amide bonds. The molecule has 94 valence electrons. The highest BCUT2D eigenvalue weighted by Crippen LogP contribution is 2.13. The quantitative estimate of drug-likeness (QED) is 0.731. The Bertz CT molecular complexity index is 326. The zero-order valence-corrected chi connectivity index (χ0v) is 11.1. The Labute approximate surface area is 105 Å². The predicted molar refractivity (Wildman–Crippen MR) is 71.3 cm³/mol. The summed E-state index contributed by atoms with van der Waals surface area (Å²) in [6, 6.07) is 4.50. The third-order valence-electron chi connectivity index (χ3n) is 3.51. The van der Waals surface area contributed by atoms with Crippen LogP contribution in [0.3, 0.4) is 0 Å². The van der Waals surface area contributed by atoms with Crippen molar-refractivity contribution in [1.82, 2.24) is 4.90 Å². The SMILES string of the molecule is CCCC[n+]1ccc(N2CCN(C)CC2)cc1. The van der Waals surface area contributed by atoms with Crippen LogP contribution < -0.4 is 9.47 Å². The van der Waals surface area contributed by atoms with Crippen molar-refractivity contribution >= 4 is 5.69 Å². The Balaban J connectivity index is 1.93. The van der Waals surface area contributed by atoms with Crippen molar-refractivity contribution in [2.45, 2.75) is 26.3 Å². The highest BCUT2D eigenvalue weighted by atomic mass is 15.2. The van der Waals surface area contributed by atoms with Crippen molar-refractivity contribution in [3.05, 3.63) is 24.5 Å². The Morgan fingerprint density at radius 1 is 1.12 bits per heavy atom. The van der Waals surface area contributed by atoms with Crippen LogP contribution in [0.5, 0.6) is 0 Å². The van der Waals surface area contributed by atoms with Gasteiger partial charge in [0.1, 0.15) is 6.54 Å². The molecule has 0 atom stereocenters. The van der Waals surface area contributed by atoms with Crippen molar-refractivity contribution < 1.29 is 4.57 Å². The zero-order valence-electron chi connectivity index (χ0n) is 11.1. The lowest BCUT2D eigenvalue weighted by atomic mass is 10.2. The van der Waals surface area contributed by atoms with Crippen LogP contribution in [0.1, 0.15) is 19.8 Å². The summed E-state index contributed by atoms with van der Waals surface area (Å²) >= 11 is 0. The molecule has 0 spiro atoms. The zero-order chi connectivity index (χ0) is 12.1. The van der Waals surface area contributed by atoms with Crippen LogP contribution in [-0.4, -0.2) is 38.1 Å². The summed E-state index contributed by atoms with van der Waals surface area (Å²) in [7, 11) is 2.20. The normalized spacial score (nSPS) is 17.4. The molecule has 1 aromatic rings. The lowest BCUT2D eigenvalue weighted by molar-refractivity contribution is -0.697. The van der Waals surface area contributed by atoms with E-state index in [1.807, 2.05) is 0 Å². The minimum Gasteiger partial charge on any atom is -0.369 e. The molecule has 3 nitrogen and oxygen atoms in total. The molecule has 1 saturated heterocycles. The molecule has 1 aliphatic rings. The van der Waals surface area contributed by atoms with Gasteiger partial charge in [0.05, 0.1) is 0 Å². The van der Waals surface area contributed by atoms with Crippen LogP contribution in [0, 0.1) is 0 Å². The molecule has 0 radical (unpaired) electrons. The Morgan fingerprint density at radius 3 is 2.35 bits per heavy atom. The average Bonchev–Trinajstić information content (AvgIpc) is 2.38. The van der Waals surface area contributed by atoms with E-state index in [-0.39, 0.29) is 0 Å². The molecule has 0 unspecified atom stereocenters. The molecule has 1 aromatic heterocycles. The van der Waals surface area contributed by atoms with Gasteiger partial charge in [-0.1, -0.05) is 13.3 Å². The minimum absolute atomic E-state index is 1.14. The highest BCUT2D eigenvalue weighted by Gasteiger charge is 2.14. The van der Waals surface area contributed by atoms with Crippen molar-refractivity contribution in [1.29, 1.82) is 0 Å². The van der Waals surface area contributed by atoms with Gasteiger partial charge in [0.25, 0.3) is 0 Å². The average molecular weight is 234 g/mol. The molecule has 0 N–H and O–H groups in total. The van der Waals surface area contributed by atoms with Crippen molar-refractivity contribution in [3.8, 4) is 0 Å².